The zero-order valence-corrected chi connectivity index (χ0v) is 10.00. The van der Waals surface area contributed by atoms with Crippen molar-refractivity contribution in [2.24, 2.45) is 5.92 Å². The van der Waals surface area contributed by atoms with Crippen LogP contribution in [0.4, 0.5) is 5.69 Å². The summed E-state index contributed by atoms with van der Waals surface area (Å²) in [5.41, 5.74) is 1.99. The first-order valence-electron chi connectivity index (χ1n) is 5.31. The van der Waals surface area contributed by atoms with Crippen LogP contribution < -0.4 is 4.90 Å². The van der Waals surface area contributed by atoms with E-state index in [0.29, 0.717) is 18.0 Å². The number of amides is 1. The predicted octanol–water partition coefficient (Wildman–Crippen LogP) is 3.19. The molecule has 1 amide bonds. The van der Waals surface area contributed by atoms with Crippen LogP contribution in [-0.4, -0.2) is 12.5 Å². The molecule has 0 saturated carbocycles. The highest BCUT2D eigenvalue weighted by Gasteiger charge is 2.29. The number of nitrogens with zero attached hydrogens (tertiary/aromatic N) is 1. The number of halogens is 1. The van der Waals surface area contributed by atoms with Gasteiger partial charge in [0.05, 0.1) is 0 Å². The Morgan fingerprint density at radius 1 is 1.56 bits per heavy atom. The van der Waals surface area contributed by atoms with Gasteiger partial charge in [0, 0.05) is 29.6 Å². The standard InChI is InChI=1S/C13H14ClNO/c1-3-10-6-13(16)15(8-10)12-7-11(14)5-4-9(12)2/h3-5,7,10H,1,6,8H2,2H3. The molecular formula is C13H14ClNO. The number of rotatable bonds is 2. The lowest BCUT2D eigenvalue weighted by Gasteiger charge is -2.19. The normalized spacial score (nSPS) is 20.2. The molecular weight excluding hydrogens is 222 g/mol. The second kappa shape index (κ2) is 4.30. The van der Waals surface area contributed by atoms with Crippen molar-refractivity contribution in [1.82, 2.24) is 0 Å². The van der Waals surface area contributed by atoms with Crippen LogP contribution in [0.5, 0.6) is 0 Å². The maximum absolute atomic E-state index is 11.8. The van der Waals surface area contributed by atoms with Crippen LogP contribution in [0, 0.1) is 12.8 Å². The molecule has 3 heteroatoms. The summed E-state index contributed by atoms with van der Waals surface area (Å²) in [5.74, 6) is 0.404. The first-order chi connectivity index (χ1) is 7.61. The van der Waals surface area contributed by atoms with Gasteiger partial charge < -0.3 is 4.90 Å². The molecule has 84 valence electrons. The molecule has 1 saturated heterocycles. The lowest BCUT2D eigenvalue weighted by atomic mass is 10.1. The van der Waals surface area contributed by atoms with Gasteiger partial charge in [-0.3, -0.25) is 4.79 Å². The van der Waals surface area contributed by atoms with E-state index in [1.807, 2.05) is 31.2 Å². The van der Waals surface area contributed by atoms with E-state index >= 15 is 0 Å². The van der Waals surface area contributed by atoms with Gasteiger partial charge in [-0.15, -0.1) is 6.58 Å². The van der Waals surface area contributed by atoms with Crippen LogP contribution in [0.3, 0.4) is 0 Å². The van der Waals surface area contributed by atoms with Crippen LogP contribution >= 0.6 is 11.6 Å². The Labute approximate surface area is 101 Å². The van der Waals surface area contributed by atoms with E-state index in [0.717, 1.165) is 11.3 Å². The third-order valence-electron chi connectivity index (χ3n) is 2.95. The molecule has 0 aromatic heterocycles. The Balaban J connectivity index is 2.34. The van der Waals surface area contributed by atoms with E-state index in [1.54, 1.807) is 4.90 Å². The van der Waals surface area contributed by atoms with Gasteiger partial charge in [-0.2, -0.15) is 0 Å². The zero-order chi connectivity index (χ0) is 11.7. The number of carbonyl (C=O) groups is 1. The third kappa shape index (κ3) is 1.98. The van der Waals surface area contributed by atoms with Crippen molar-refractivity contribution < 1.29 is 4.79 Å². The number of anilines is 1. The summed E-state index contributed by atoms with van der Waals surface area (Å²) in [6.45, 7) is 6.44. The second-order valence-corrected chi connectivity index (χ2v) is 4.57. The number of benzene rings is 1. The first kappa shape index (κ1) is 11.2. The van der Waals surface area contributed by atoms with Crippen molar-refractivity contribution in [3.63, 3.8) is 0 Å². The minimum Gasteiger partial charge on any atom is -0.311 e. The molecule has 0 N–H and O–H groups in total. The second-order valence-electron chi connectivity index (χ2n) is 4.14. The molecule has 1 aromatic rings. The summed E-state index contributed by atoms with van der Waals surface area (Å²) in [6.07, 6.45) is 2.40. The van der Waals surface area contributed by atoms with E-state index in [-0.39, 0.29) is 11.8 Å². The molecule has 1 aromatic carbocycles. The van der Waals surface area contributed by atoms with Gasteiger partial charge >= 0.3 is 0 Å². The molecule has 2 rings (SSSR count). The molecule has 0 spiro atoms. The van der Waals surface area contributed by atoms with Gasteiger partial charge in [-0.1, -0.05) is 23.7 Å². The zero-order valence-electron chi connectivity index (χ0n) is 9.24. The van der Waals surface area contributed by atoms with E-state index in [2.05, 4.69) is 6.58 Å². The summed E-state index contributed by atoms with van der Waals surface area (Å²) < 4.78 is 0. The predicted molar refractivity (Wildman–Crippen MR) is 66.8 cm³/mol. The van der Waals surface area contributed by atoms with Gasteiger partial charge in [0.2, 0.25) is 5.91 Å². The van der Waals surface area contributed by atoms with Crippen molar-refractivity contribution >= 4 is 23.2 Å². The highest BCUT2D eigenvalue weighted by Crippen LogP contribution is 2.30. The van der Waals surface area contributed by atoms with Crippen molar-refractivity contribution in [2.45, 2.75) is 13.3 Å². The van der Waals surface area contributed by atoms with Crippen molar-refractivity contribution in [1.29, 1.82) is 0 Å². The highest BCUT2D eigenvalue weighted by molar-refractivity contribution is 6.31. The Morgan fingerprint density at radius 3 is 2.94 bits per heavy atom. The monoisotopic (exact) mass is 235 g/mol. The lowest BCUT2D eigenvalue weighted by Crippen LogP contribution is -2.25. The lowest BCUT2D eigenvalue weighted by molar-refractivity contribution is -0.117. The molecule has 1 heterocycles. The highest BCUT2D eigenvalue weighted by atomic mass is 35.5. The molecule has 1 atom stereocenters. The summed E-state index contributed by atoms with van der Waals surface area (Å²) in [5, 5.41) is 0.662. The smallest absolute Gasteiger partial charge is 0.227 e. The van der Waals surface area contributed by atoms with Crippen molar-refractivity contribution in [3.05, 3.63) is 41.4 Å². The molecule has 1 fully saturated rings. The average Bonchev–Trinajstić information content (AvgIpc) is 2.63. The summed E-state index contributed by atoms with van der Waals surface area (Å²) in [7, 11) is 0. The maximum atomic E-state index is 11.8. The van der Waals surface area contributed by atoms with E-state index in [9.17, 15) is 4.79 Å². The maximum Gasteiger partial charge on any atom is 0.227 e. The first-order valence-corrected chi connectivity index (χ1v) is 5.68. The van der Waals surface area contributed by atoms with Crippen LogP contribution in [-0.2, 0) is 4.79 Å². The van der Waals surface area contributed by atoms with Crippen molar-refractivity contribution in [3.8, 4) is 0 Å². The molecule has 0 bridgehead atoms. The van der Waals surface area contributed by atoms with Crippen molar-refractivity contribution in [2.75, 3.05) is 11.4 Å². The number of hydrogen-bond acceptors (Lipinski definition) is 1. The SMILES string of the molecule is C=CC1CC(=O)N(c2cc(Cl)ccc2C)C1. The minimum atomic E-state index is 0.148. The van der Waals surface area contributed by atoms with E-state index in [4.69, 9.17) is 11.6 Å². The molecule has 1 aliphatic heterocycles. The van der Waals surface area contributed by atoms with Crippen LogP contribution in [0.1, 0.15) is 12.0 Å². The van der Waals surface area contributed by atoms with Crippen LogP contribution in [0.2, 0.25) is 5.02 Å². The molecule has 1 aliphatic rings. The van der Waals surface area contributed by atoms with Gasteiger partial charge in [-0.25, -0.2) is 0 Å². The molecule has 16 heavy (non-hydrogen) atoms. The van der Waals surface area contributed by atoms with Gasteiger partial charge in [0.25, 0.3) is 0 Å². The van der Waals surface area contributed by atoms with Gasteiger partial charge in [-0.05, 0) is 24.6 Å². The van der Waals surface area contributed by atoms with E-state index < -0.39 is 0 Å². The largest absolute Gasteiger partial charge is 0.311 e. The Bertz CT molecular complexity index is 442. The Hall–Kier alpha value is -1.28. The Morgan fingerprint density at radius 2 is 2.31 bits per heavy atom. The minimum absolute atomic E-state index is 0.148. The third-order valence-corrected chi connectivity index (χ3v) is 3.19. The van der Waals surface area contributed by atoms with Crippen LogP contribution in [0.25, 0.3) is 0 Å². The van der Waals surface area contributed by atoms with Gasteiger partial charge in [0.15, 0.2) is 0 Å². The topological polar surface area (TPSA) is 20.3 Å². The number of carbonyl (C=O) groups excluding carboxylic acids is 1. The Kier molecular flexibility index (Phi) is 3.01. The van der Waals surface area contributed by atoms with Crippen LogP contribution in [0.15, 0.2) is 30.9 Å². The average molecular weight is 236 g/mol. The summed E-state index contributed by atoms with van der Waals surface area (Å²) in [4.78, 5) is 13.6. The summed E-state index contributed by atoms with van der Waals surface area (Å²) >= 11 is 5.96. The molecule has 0 aliphatic carbocycles. The fraction of sp³-hybridized carbons (Fsp3) is 0.308. The fourth-order valence-electron chi connectivity index (χ4n) is 2.00. The quantitative estimate of drug-likeness (QED) is 0.721. The summed E-state index contributed by atoms with van der Waals surface area (Å²) in [6, 6.07) is 5.62. The number of hydrogen-bond donors (Lipinski definition) is 0. The van der Waals surface area contributed by atoms with Gasteiger partial charge in [0.1, 0.15) is 0 Å². The molecule has 2 nitrogen and oxygen atoms in total. The number of aryl methyl sites for hydroxylation is 1. The molecule has 1 unspecified atom stereocenters. The fourth-order valence-corrected chi connectivity index (χ4v) is 2.17. The van der Waals surface area contributed by atoms with E-state index in [1.165, 1.54) is 0 Å². The molecule has 0 radical (unpaired) electrons.